The fourth-order valence-corrected chi connectivity index (χ4v) is 3.77. The average Bonchev–Trinajstić information content (AvgIpc) is 2.98. The van der Waals surface area contributed by atoms with E-state index < -0.39 is 0 Å². The summed E-state index contributed by atoms with van der Waals surface area (Å²) in [5.41, 5.74) is 2.45. The fraction of sp³-hybridized carbons (Fsp3) is 0.438. The van der Waals surface area contributed by atoms with Gasteiger partial charge >= 0.3 is 0 Å². The van der Waals surface area contributed by atoms with Crippen molar-refractivity contribution in [2.45, 2.75) is 47.0 Å². The van der Waals surface area contributed by atoms with Crippen molar-refractivity contribution in [3.63, 3.8) is 0 Å². The molecule has 1 aliphatic rings. The molecule has 2 aromatic carbocycles. The molecule has 0 amide bonds. The van der Waals surface area contributed by atoms with Gasteiger partial charge in [0.25, 0.3) is 0 Å². The Hall–Kier alpha value is -2.44. The highest BCUT2D eigenvalue weighted by molar-refractivity contribution is 9.10. The van der Waals surface area contributed by atoms with Crippen LogP contribution in [0, 0.1) is 12.8 Å². The molecule has 0 aromatic heterocycles. The lowest BCUT2D eigenvalue weighted by Gasteiger charge is -2.19. The highest BCUT2D eigenvalue weighted by Gasteiger charge is 2.15. The summed E-state index contributed by atoms with van der Waals surface area (Å²) < 4.78 is 29.5. The third-order valence-electron chi connectivity index (χ3n) is 4.98. The molecule has 39 heavy (non-hydrogen) atoms. The summed E-state index contributed by atoms with van der Waals surface area (Å²) in [6.45, 7) is 11.8. The highest BCUT2D eigenvalue weighted by atomic mass is 79.9. The second-order valence-corrected chi connectivity index (χ2v) is 8.60. The standard InChI is InChI=1S/C22H27BrO6.C6H10.C2H6.C2H2/c23-20-12-18-14-27-9-8-25-6-7-26-10-11-29-21(17-4-2-1-3-5-17)16-28-15-19(13-20)22(18)24;1-3-5-6-4-2;2*1-2/h1-5,12-13,21,24H,6-11,14-16H2;3-6H,1-2H3;1-2H3;1-2H/b;5-3-,6-4-;;. The lowest BCUT2D eigenvalue weighted by molar-refractivity contribution is -0.0511. The van der Waals surface area contributed by atoms with Crippen molar-refractivity contribution in [3.05, 3.63) is 87.9 Å². The van der Waals surface area contributed by atoms with E-state index in [4.69, 9.17) is 23.7 Å². The Morgan fingerprint density at radius 2 is 1.26 bits per heavy atom. The third-order valence-corrected chi connectivity index (χ3v) is 5.43. The van der Waals surface area contributed by atoms with Crippen LogP contribution in [0.25, 0.3) is 0 Å². The van der Waals surface area contributed by atoms with Crippen molar-refractivity contribution in [1.82, 2.24) is 0 Å². The second-order valence-electron chi connectivity index (χ2n) is 7.69. The van der Waals surface area contributed by atoms with Gasteiger partial charge in [-0.1, -0.05) is 84.4 Å². The van der Waals surface area contributed by atoms with E-state index in [0.29, 0.717) is 64.0 Å². The predicted molar refractivity (Wildman–Crippen MR) is 163 cm³/mol. The molecule has 1 N–H and O–H groups in total. The normalized spacial score (nSPS) is 17.3. The monoisotopic (exact) mass is 604 g/mol. The SMILES string of the molecule is C#C.C/C=C\C=C/C.CC.Oc1c2cc(Br)cc1COCC(c1ccccc1)OCCOCCOCCOC2. The van der Waals surface area contributed by atoms with Gasteiger partial charge in [-0.3, -0.25) is 0 Å². The molecule has 216 valence electrons. The van der Waals surface area contributed by atoms with Gasteiger partial charge in [-0.05, 0) is 31.5 Å². The molecule has 1 aliphatic heterocycles. The van der Waals surface area contributed by atoms with Gasteiger partial charge in [0.15, 0.2) is 0 Å². The van der Waals surface area contributed by atoms with E-state index in [-0.39, 0.29) is 18.5 Å². The maximum Gasteiger partial charge on any atom is 0.126 e. The first-order valence-electron chi connectivity index (χ1n) is 13.2. The Morgan fingerprint density at radius 1 is 0.769 bits per heavy atom. The minimum absolute atomic E-state index is 0.195. The van der Waals surface area contributed by atoms with Crippen LogP contribution >= 0.6 is 15.9 Å². The Balaban J connectivity index is 0.00000126. The summed E-state index contributed by atoms with van der Waals surface area (Å²) in [7, 11) is 0. The molecule has 0 saturated heterocycles. The molecule has 7 heteroatoms. The number of halogens is 1. The van der Waals surface area contributed by atoms with Crippen LogP contribution in [0.5, 0.6) is 5.75 Å². The molecule has 6 nitrogen and oxygen atoms in total. The van der Waals surface area contributed by atoms with E-state index in [1.807, 2.05) is 94.5 Å². The molecule has 2 bridgehead atoms. The van der Waals surface area contributed by atoms with E-state index in [2.05, 4.69) is 28.8 Å². The van der Waals surface area contributed by atoms with Crippen LogP contribution in [0.15, 0.2) is 71.2 Å². The van der Waals surface area contributed by atoms with Crippen LogP contribution in [-0.4, -0.2) is 51.4 Å². The number of terminal acetylenes is 1. The molecule has 0 radical (unpaired) electrons. The summed E-state index contributed by atoms with van der Waals surface area (Å²) in [5, 5.41) is 10.6. The maximum absolute atomic E-state index is 10.6. The minimum atomic E-state index is -0.216. The maximum atomic E-state index is 10.6. The summed E-state index contributed by atoms with van der Waals surface area (Å²) in [6, 6.07) is 13.7. The zero-order valence-corrected chi connectivity index (χ0v) is 25.4. The Kier molecular flexibility index (Phi) is 24.2. The van der Waals surface area contributed by atoms with Crippen LogP contribution < -0.4 is 0 Å². The molecule has 2 aromatic rings. The van der Waals surface area contributed by atoms with Crippen LogP contribution in [0.2, 0.25) is 0 Å². The first kappa shape index (κ1) is 36.6. The molecule has 1 unspecified atom stereocenters. The molecule has 1 heterocycles. The number of ether oxygens (including phenoxy) is 5. The van der Waals surface area contributed by atoms with Crippen LogP contribution in [0.3, 0.4) is 0 Å². The van der Waals surface area contributed by atoms with E-state index in [0.717, 1.165) is 10.0 Å². The summed E-state index contributed by atoms with van der Waals surface area (Å²) in [5.74, 6) is 0.195. The fourth-order valence-electron chi connectivity index (χ4n) is 3.22. The quantitative estimate of drug-likeness (QED) is 0.284. The first-order valence-corrected chi connectivity index (χ1v) is 14.0. The zero-order valence-electron chi connectivity index (χ0n) is 23.8. The summed E-state index contributed by atoms with van der Waals surface area (Å²) in [6.07, 6.45) is 15.8. The number of phenolic OH excluding ortho intramolecular Hbond substituents is 1. The van der Waals surface area contributed by atoms with Crippen molar-refractivity contribution in [3.8, 4) is 18.6 Å². The van der Waals surface area contributed by atoms with Gasteiger partial charge in [0.2, 0.25) is 0 Å². The third kappa shape index (κ3) is 17.0. The highest BCUT2D eigenvalue weighted by Crippen LogP contribution is 2.29. The van der Waals surface area contributed by atoms with Gasteiger partial charge in [-0.25, -0.2) is 0 Å². The number of rotatable bonds is 2. The van der Waals surface area contributed by atoms with Crippen molar-refractivity contribution in [2.24, 2.45) is 0 Å². The van der Waals surface area contributed by atoms with Gasteiger partial charge < -0.3 is 28.8 Å². The molecular weight excluding hydrogens is 560 g/mol. The number of hydrogen-bond donors (Lipinski definition) is 1. The molecule has 3 rings (SSSR count). The number of benzene rings is 2. The smallest absolute Gasteiger partial charge is 0.126 e. The molecule has 0 spiro atoms. The lowest BCUT2D eigenvalue weighted by Crippen LogP contribution is -2.17. The van der Waals surface area contributed by atoms with Crippen LogP contribution in [0.4, 0.5) is 0 Å². The average molecular weight is 606 g/mol. The van der Waals surface area contributed by atoms with Crippen LogP contribution in [-0.2, 0) is 36.9 Å². The molecule has 0 saturated carbocycles. The van der Waals surface area contributed by atoms with Gasteiger partial charge in [0, 0.05) is 15.6 Å². The molecular formula is C32H45BrO6. The van der Waals surface area contributed by atoms with E-state index in [1.54, 1.807) is 0 Å². The number of hydrogen-bond acceptors (Lipinski definition) is 6. The Labute approximate surface area is 244 Å². The largest absolute Gasteiger partial charge is 0.507 e. The van der Waals surface area contributed by atoms with Crippen molar-refractivity contribution in [1.29, 1.82) is 0 Å². The van der Waals surface area contributed by atoms with Gasteiger partial charge in [0.05, 0.1) is 59.5 Å². The zero-order chi connectivity index (χ0) is 29.1. The molecule has 1 atom stereocenters. The minimum Gasteiger partial charge on any atom is -0.507 e. The number of aromatic hydroxyl groups is 1. The first-order chi connectivity index (χ1) is 19.2. The number of fused-ring (bicyclic) bond motifs is 2. The van der Waals surface area contributed by atoms with Crippen molar-refractivity contribution < 1.29 is 28.8 Å². The van der Waals surface area contributed by atoms with Crippen molar-refractivity contribution >= 4 is 15.9 Å². The predicted octanol–water partition coefficient (Wildman–Crippen LogP) is 7.41. The Bertz CT molecular complexity index is 917. The lowest BCUT2D eigenvalue weighted by atomic mass is 10.1. The van der Waals surface area contributed by atoms with E-state index in [1.165, 1.54) is 0 Å². The summed E-state index contributed by atoms with van der Waals surface area (Å²) in [4.78, 5) is 0. The summed E-state index contributed by atoms with van der Waals surface area (Å²) >= 11 is 3.49. The van der Waals surface area contributed by atoms with Gasteiger partial charge in [-0.15, -0.1) is 12.8 Å². The van der Waals surface area contributed by atoms with Crippen LogP contribution in [0.1, 0.15) is 50.5 Å². The van der Waals surface area contributed by atoms with E-state index >= 15 is 0 Å². The molecule has 0 aliphatic carbocycles. The molecule has 0 fully saturated rings. The Morgan fingerprint density at radius 3 is 1.79 bits per heavy atom. The topological polar surface area (TPSA) is 66.4 Å². The second kappa shape index (κ2) is 25.8. The number of phenols is 1. The van der Waals surface area contributed by atoms with Crippen molar-refractivity contribution in [2.75, 3.05) is 46.2 Å². The number of allylic oxidation sites excluding steroid dienone is 4. The van der Waals surface area contributed by atoms with Gasteiger partial charge in [0.1, 0.15) is 11.9 Å². The van der Waals surface area contributed by atoms with Gasteiger partial charge in [-0.2, -0.15) is 0 Å². The van der Waals surface area contributed by atoms with E-state index in [9.17, 15) is 5.11 Å².